The Morgan fingerprint density at radius 2 is 2.12 bits per heavy atom. The summed E-state index contributed by atoms with van der Waals surface area (Å²) in [6.07, 6.45) is 6.03. The van der Waals surface area contributed by atoms with Crippen molar-refractivity contribution in [3.05, 3.63) is 52.9 Å². The monoisotopic (exact) mass is 452 g/mol. The van der Waals surface area contributed by atoms with Gasteiger partial charge in [0.2, 0.25) is 5.95 Å². The quantitative estimate of drug-likeness (QED) is 0.600. The second-order valence-corrected chi connectivity index (χ2v) is 8.86. The highest BCUT2D eigenvalue weighted by Crippen LogP contribution is 2.38. The van der Waals surface area contributed by atoms with E-state index < -0.39 is 18.1 Å². The van der Waals surface area contributed by atoms with Crippen molar-refractivity contribution in [2.45, 2.75) is 51.0 Å². The van der Waals surface area contributed by atoms with Gasteiger partial charge in [-0.05, 0) is 54.7 Å². The minimum atomic E-state index is -0.669. The molecule has 33 heavy (non-hydrogen) atoms. The predicted molar refractivity (Wildman–Crippen MR) is 124 cm³/mol. The van der Waals surface area contributed by atoms with E-state index in [2.05, 4.69) is 36.5 Å². The molecule has 0 radical (unpaired) electrons. The first-order chi connectivity index (χ1) is 16.0. The molecule has 0 aromatic carbocycles. The summed E-state index contributed by atoms with van der Waals surface area (Å²) in [7, 11) is 1.50. The molecule has 0 spiro atoms. The van der Waals surface area contributed by atoms with Crippen molar-refractivity contribution < 1.29 is 14.3 Å². The highest BCUT2D eigenvalue weighted by atomic mass is 19.1. The number of pyridine rings is 2. The van der Waals surface area contributed by atoms with Crippen molar-refractivity contribution in [2.24, 2.45) is 0 Å². The van der Waals surface area contributed by atoms with Crippen LogP contribution in [0.2, 0.25) is 0 Å². The van der Waals surface area contributed by atoms with Gasteiger partial charge in [-0.15, -0.1) is 0 Å². The maximum absolute atomic E-state index is 14.8. The van der Waals surface area contributed by atoms with Gasteiger partial charge in [0.05, 0.1) is 17.1 Å². The second kappa shape index (κ2) is 8.72. The van der Waals surface area contributed by atoms with E-state index in [0.29, 0.717) is 18.3 Å². The van der Waals surface area contributed by atoms with Crippen molar-refractivity contribution in [2.75, 3.05) is 30.4 Å². The third kappa shape index (κ3) is 3.95. The summed E-state index contributed by atoms with van der Waals surface area (Å²) in [6, 6.07) is 5.87. The summed E-state index contributed by atoms with van der Waals surface area (Å²) in [4.78, 5) is 24.8. The molecule has 1 saturated heterocycles. The number of aliphatic hydroxyl groups excluding tert-OH is 1. The van der Waals surface area contributed by atoms with Crippen molar-refractivity contribution in [3.63, 3.8) is 0 Å². The maximum Gasteiger partial charge on any atom is 0.269 e. The standard InChI is InChI=1S/C24H29FN6O2/c1-3-15-11-17-18(29-23(15)32)10-14(12-27-17)13-30-8-9-31(20-7-6-19(20)30)21-5-4-16(24(33)26-2)28-22(21)25/h4-5,10-12,19-20,23,29,32H,3,6-9,13H2,1-2H3,(H,26,33). The maximum atomic E-state index is 14.8. The van der Waals surface area contributed by atoms with Crippen molar-refractivity contribution in [1.82, 2.24) is 20.2 Å². The zero-order chi connectivity index (χ0) is 23.1. The number of nitrogens with one attached hydrogen (secondary N) is 2. The predicted octanol–water partition coefficient (Wildman–Crippen LogP) is 2.37. The van der Waals surface area contributed by atoms with Crippen LogP contribution in [0.15, 0.2) is 30.0 Å². The summed E-state index contributed by atoms with van der Waals surface area (Å²) in [6.45, 7) is 4.26. The number of anilines is 2. The molecule has 2 aromatic rings. The van der Waals surface area contributed by atoms with Gasteiger partial charge < -0.3 is 20.6 Å². The van der Waals surface area contributed by atoms with Gasteiger partial charge in [-0.2, -0.15) is 4.39 Å². The fraction of sp³-hybridized carbons (Fsp3) is 0.458. The largest absolute Gasteiger partial charge is 0.370 e. The molecule has 1 aliphatic carbocycles. The number of piperazine rings is 1. The van der Waals surface area contributed by atoms with Crippen molar-refractivity contribution in [3.8, 4) is 0 Å². The van der Waals surface area contributed by atoms with Crippen molar-refractivity contribution in [1.29, 1.82) is 0 Å². The van der Waals surface area contributed by atoms with Gasteiger partial charge in [-0.3, -0.25) is 14.7 Å². The Hall–Kier alpha value is -3.04. The topological polar surface area (TPSA) is 93.6 Å². The Bertz CT molecular complexity index is 1110. The second-order valence-electron chi connectivity index (χ2n) is 8.86. The van der Waals surface area contributed by atoms with Crippen LogP contribution < -0.4 is 15.5 Å². The molecule has 1 amide bonds. The molecule has 5 rings (SSSR count). The van der Waals surface area contributed by atoms with Crippen LogP contribution in [0, 0.1) is 5.95 Å². The molecule has 2 fully saturated rings. The fourth-order valence-corrected chi connectivity index (χ4v) is 5.07. The van der Waals surface area contributed by atoms with E-state index >= 15 is 0 Å². The normalized spacial score (nSPS) is 24.2. The molecule has 3 N–H and O–H groups in total. The zero-order valence-electron chi connectivity index (χ0n) is 18.9. The molecule has 0 bridgehead atoms. The Morgan fingerprint density at radius 1 is 1.30 bits per heavy atom. The molecule has 2 aliphatic heterocycles. The van der Waals surface area contributed by atoms with Gasteiger partial charge in [0.15, 0.2) is 0 Å². The minimum absolute atomic E-state index is 0.0853. The van der Waals surface area contributed by atoms with Crippen LogP contribution in [0.1, 0.15) is 47.9 Å². The average Bonchev–Trinajstić information content (AvgIpc) is 2.79. The minimum Gasteiger partial charge on any atom is -0.370 e. The molecule has 4 heterocycles. The third-order valence-electron chi connectivity index (χ3n) is 7.03. The summed E-state index contributed by atoms with van der Waals surface area (Å²) in [5.41, 5.74) is 4.27. The van der Waals surface area contributed by atoms with E-state index in [0.717, 1.165) is 54.9 Å². The summed E-state index contributed by atoms with van der Waals surface area (Å²) in [5.74, 6) is -0.993. The first-order valence-electron chi connectivity index (χ1n) is 11.5. The Kier molecular flexibility index (Phi) is 5.76. The molecule has 3 atom stereocenters. The third-order valence-corrected chi connectivity index (χ3v) is 7.03. The number of amides is 1. The number of hydrogen-bond acceptors (Lipinski definition) is 7. The van der Waals surface area contributed by atoms with E-state index in [1.165, 1.54) is 7.05 Å². The summed E-state index contributed by atoms with van der Waals surface area (Å²) in [5, 5.41) is 15.9. The highest BCUT2D eigenvalue weighted by molar-refractivity contribution is 5.92. The molecule has 2 aromatic heterocycles. The van der Waals surface area contributed by atoms with Gasteiger partial charge in [-0.25, -0.2) is 4.98 Å². The van der Waals surface area contributed by atoms with E-state index in [4.69, 9.17) is 0 Å². The number of aliphatic hydroxyl groups is 1. The van der Waals surface area contributed by atoms with Gasteiger partial charge in [0, 0.05) is 45.0 Å². The number of nitrogens with zero attached hydrogens (tertiary/aromatic N) is 4. The molecule has 174 valence electrons. The molecule has 3 unspecified atom stereocenters. The highest BCUT2D eigenvalue weighted by Gasteiger charge is 2.43. The zero-order valence-corrected chi connectivity index (χ0v) is 18.9. The van der Waals surface area contributed by atoms with Crippen LogP contribution >= 0.6 is 0 Å². The van der Waals surface area contributed by atoms with Crippen molar-refractivity contribution >= 4 is 23.4 Å². The summed E-state index contributed by atoms with van der Waals surface area (Å²) >= 11 is 0. The number of halogens is 1. The number of carbonyl (C=O) groups is 1. The molecular formula is C24H29FN6O2. The van der Waals surface area contributed by atoms with E-state index in [1.807, 2.05) is 19.2 Å². The van der Waals surface area contributed by atoms with E-state index in [9.17, 15) is 14.3 Å². The Morgan fingerprint density at radius 3 is 2.82 bits per heavy atom. The smallest absolute Gasteiger partial charge is 0.269 e. The van der Waals surface area contributed by atoms with Crippen LogP contribution in [0.4, 0.5) is 15.8 Å². The number of fused-ring (bicyclic) bond motifs is 2. The van der Waals surface area contributed by atoms with E-state index in [1.54, 1.807) is 12.1 Å². The number of carbonyl (C=O) groups excluding carboxylic acids is 1. The first-order valence-corrected chi connectivity index (χ1v) is 11.5. The average molecular weight is 453 g/mol. The fourth-order valence-electron chi connectivity index (χ4n) is 5.07. The van der Waals surface area contributed by atoms with Crippen LogP contribution in [-0.2, 0) is 6.54 Å². The molecule has 3 aliphatic rings. The van der Waals surface area contributed by atoms with E-state index in [-0.39, 0.29) is 11.7 Å². The Balaban J connectivity index is 1.29. The lowest BCUT2D eigenvalue weighted by Crippen LogP contribution is -2.64. The first kappa shape index (κ1) is 21.8. The van der Waals surface area contributed by atoms with Crippen LogP contribution in [0.5, 0.6) is 0 Å². The molecule has 1 saturated carbocycles. The number of rotatable bonds is 5. The lowest BCUT2D eigenvalue weighted by molar-refractivity contribution is 0.0653. The molecule has 8 nitrogen and oxygen atoms in total. The Labute approximate surface area is 192 Å². The van der Waals surface area contributed by atoms with Gasteiger partial charge in [0.1, 0.15) is 11.9 Å². The lowest BCUT2D eigenvalue weighted by Gasteiger charge is -2.54. The van der Waals surface area contributed by atoms with Gasteiger partial charge >= 0.3 is 0 Å². The molecule has 9 heteroatoms. The molecular weight excluding hydrogens is 423 g/mol. The van der Waals surface area contributed by atoms with Crippen LogP contribution in [-0.4, -0.2) is 64.3 Å². The lowest BCUT2D eigenvalue weighted by atomic mass is 9.81. The van der Waals surface area contributed by atoms with Crippen LogP contribution in [0.25, 0.3) is 6.08 Å². The number of hydrogen-bond donors (Lipinski definition) is 3. The SMILES string of the molecule is CCC1=Cc2ncc(CN3CCN(c4ccc(C(=O)NC)nc4F)C4CCC43)cc2NC1O. The van der Waals surface area contributed by atoms with Crippen LogP contribution in [0.3, 0.4) is 0 Å². The summed E-state index contributed by atoms with van der Waals surface area (Å²) < 4.78 is 14.8. The van der Waals surface area contributed by atoms with Gasteiger partial charge in [0.25, 0.3) is 5.91 Å². The van der Waals surface area contributed by atoms with Gasteiger partial charge in [-0.1, -0.05) is 6.92 Å². The number of aromatic nitrogens is 2.